The molecule has 0 aliphatic carbocycles. The van der Waals surface area contributed by atoms with Gasteiger partial charge in [-0.3, -0.25) is 9.78 Å². The predicted octanol–water partition coefficient (Wildman–Crippen LogP) is 1.27. The van der Waals surface area contributed by atoms with Crippen molar-refractivity contribution in [2.75, 3.05) is 13.1 Å². The number of amides is 1. The highest BCUT2D eigenvalue weighted by atomic mass is 16.2. The van der Waals surface area contributed by atoms with Gasteiger partial charge in [0, 0.05) is 54.6 Å². The summed E-state index contributed by atoms with van der Waals surface area (Å²) < 4.78 is 0. The number of piperidine rings is 1. The molecule has 0 spiro atoms. The maximum absolute atomic E-state index is 11.7. The van der Waals surface area contributed by atoms with E-state index in [9.17, 15) is 4.79 Å². The van der Waals surface area contributed by atoms with Crippen LogP contribution in [0.2, 0.25) is 0 Å². The second-order valence-corrected chi connectivity index (χ2v) is 6.99. The minimum Gasteiger partial charge on any atom is -0.366 e. The topological polar surface area (TPSA) is 81.7 Å². The minimum absolute atomic E-state index is 0.00796. The van der Waals surface area contributed by atoms with E-state index in [4.69, 9.17) is 4.99 Å². The molecule has 0 saturated carbocycles. The Morgan fingerprint density at radius 3 is 2.78 bits per heavy atom. The lowest BCUT2D eigenvalue weighted by Gasteiger charge is -2.33. The first-order chi connectivity index (χ1) is 13.1. The number of aliphatic imine (C=N–C) groups is 1. The molecule has 1 saturated heterocycles. The molecule has 1 aromatic heterocycles. The van der Waals surface area contributed by atoms with Crippen LogP contribution in [0.5, 0.6) is 0 Å². The number of nitrogens with one attached hydrogen (secondary N) is 3. The van der Waals surface area contributed by atoms with E-state index in [0.29, 0.717) is 6.04 Å². The molecule has 140 valence electrons. The second kappa shape index (κ2) is 7.26. The van der Waals surface area contributed by atoms with Gasteiger partial charge in [0.25, 0.3) is 0 Å². The van der Waals surface area contributed by atoms with Crippen molar-refractivity contribution < 1.29 is 4.79 Å². The molecule has 4 heterocycles. The first kappa shape index (κ1) is 17.3. The number of carbonyl (C=O) groups is 1. The lowest BCUT2D eigenvalue weighted by Crippen LogP contribution is -2.46. The van der Waals surface area contributed by atoms with Crippen molar-refractivity contribution in [2.24, 2.45) is 4.99 Å². The van der Waals surface area contributed by atoms with Crippen LogP contribution >= 0.6 is 0 Å². The molecule has 3 aliphatic rings. The number of hydrogen-bond acceptors (Lipinski definition) is 6. The maximum Gasteiger partial charge on any atom is 0.245 e. The summed E-state index contributed by atoms with van der Waals surface area (Å²) in [5.74, 6) is 0.831. The van der Waals surface area contributed by atoms with Gasteiger partial charge in [0.1, 0.15) is 12.0 Å². The first-order valence-corrected chi connectivity index (χ1v) is 9.26. The van der Waals surface area contributed by atoms with Crippen molar-refractivity contribution in [1.29, 1.82) is 0 Å². The Hall–Kier alpha value is -3.09. The highest BCUT2D eigenvalue weighted by molar-refractivity contribution is 6.28. The van der Waals surface area contributed by atoms with E-state index in [1.54, 1.807) is 0 Å². The van der Waals surface area contributed by atoms with Crippen LogP contribution in [0.25, 0.3) is 5.57 Å². The van der Waals surface area contributed by atoms with Crippen molar-refractivity contribution in [1.82, 2.24) is 25.8 Å². The molecule has 1 atom stereocenters. The van der Waals surface area contributed by atoms with Crippen LogP contribution in [0.1, 0.15) is 24.1 Å². The minimum atomic E-state index is -0.0149. The van der Waals surface area contributed by atoms with Crippen LogP contribution in [0.4, 0.5) is 0 Å². The number of aryl methyl sites for hydroxylation is 1. The number of nitrogens with zero attached hydrogens (tertiary/aromatic N) is 3. The zero-order valence-corrected chi connectivity index (χ0v) is 15.4. The molecular weight excluding hydrogens is 340 g/mol. The maximum atomic E-state index is 11.7. The molecule has 3 N–H and O–H groups in total. The third-order valence-corrected chi connectivity index (χ3v) is 5.13. The summed E-state index contributed by atoms with van der Waals surface area (Å²) in [6.45, 7) is 7.02. The van der Waals surface area contributed by atoms with Gasteiger partial charge >= 0.3 is 0 Å². The van der Waals surface area contributed by atoms with Gasteiger partial charge in [0.15, 0.2) is 0 Å². The monoisotopic (exact) mass is 364 g/mol. The normalized spacial score (nSPS) is 21.9. The molecule has 1 unspecified atom stereocenters. The fourth-order valence-electron chi connectivity index (χ4n) is 3.57. The van der Waals surface area contributed by atoms with E-state index in [0.717, 1.165) is 54.3 Å². The Morgan fingerprint density at radius 2 is 2.07 bits per heavy atom. The van der Waals surface area contributed by atoms with Gasteiger partial charge in [-0.05, 0) is 31.9 Å². The zero-order valence-electron chi connectivity index (χ0n) is 15.4. The van der Waals surface area contributed by atoms with Crippen molar-refractivity contribution in [3.8, 4) is 0 Å². The van der Waals surface area contributed by atoms with Crippen LogP contribution in [0.3, 0.4) is 0 Å². The average Bonchev–Trinajstić information content (AvgIpc) is 3.12. The third kappa shape index (κ3) is 3.58. The summed E-state index contributed by atoms with van der Waals surface area (Å²) in [6.07, 6.45) is 8.94. The third-order valence-electron chi connectivity index (χ3n) is 5.13. The molecule has 0 radical (unpaired) electrons. The van der Waals surface area contributed by atoms with Gasteiger partial charge in [-0.2, -0.15) is 0 Å². The van der Waals surface area contributed by atoms with Gasteiger partial charge in [-0.15, -0.1) is 0 Å². The van der Waals surface area contributed by atoms with Crippen molar-refractivity contribution in [3.05, 3.63) is 60.5 Å². The fourth-order valence-corrected chi connectivity index (χ4v) is 3.57. The number of carbonyl (C=O) groups excluding carboxylic acids is 1. The van der Waals surface area contributed by atoms with Crippen molar-refractivity contribution >= 4 is 17.2 Å². The number of aromatic nitrogens is 1. The number of fused-ring (bicyclic) bond motifs is 1. The molecule has 1 amide bonds. The summed E-state index contributed by atoms with van der Waals surface area (Å²) in [5.41, 5.74) is 4.06. The average molecular weight is 364 g/mol. The Balaban J connectivity index is 1.42. The number of hydrogen-bond donors (Lipinski definition) is 3. The molecule has 7 heteroatoms. The largest absolute Gasteiger partial charge is 0.366 e. The Bertz CT molecular complexity index is 831. The number of rotatable bonds is 4. The van der Waals surface area contributed by atoms with E-state index in [1.807, 2.05) is 36.5 Å². The molecule has 1 aromatic rings. The smallest absolute Gasteiger partial charge is 0.245 e. The van der Waals surface area contributed by atoms with Crippen LogP contribution in [0, 0.1) is 6.92 Å². The van der Waals surface area contributed by atoms with E-state index in [1.165, 1.54) is 6.08 Å². The van der Waals surface area contributed by atoms with Crippen molar-refractivity contribution in [2.45, 2.75) is 32.0 Å². The zero-order chi connectivity index (χ0) is 18.8. The lowest BCUT2D eigenvalue weighted by atomic mass is 10.0. The van der Waals surface area contributed by atoms with Gasteiger partial charge in [-0.1, -0.05) is 12.6 Å². The molecule has 7 nitrogen and oxygen atoms in total. The summed E-state index contributed by atoms with van der Waals surface area (Å²) in [6, 6.07) is 4.38. The Kier molecular flexibility index (Phi) is 4.66. The number of likely N-dealkylation sites (tertiary alicyclic amines) is 1. The second-order valence-electron chi connectivity index (χ2n) is 6.99. The molecular formula is C20H24N6O. The molecule has 27 heavy (non-hydrogen) atoms. The van der Waals surface area contributed by atoms with Gasteiger partial charge in [-0.25, -0.2) is 4.99 Å². The Morgan fingerprint density at radius 1 is 1.30 bits per heavy atom. The highest BCUT2D eigenvalue weighted by Gasteiger charge is 2.29. The van der Waals surface area contributed by atoms with Crippen molar-refractivity contribution in [3.63, 3.8) is 0 Å². The van der Waals surface area contributed by atoms with E-state index < -0.39 is 0 Å². The van der Waals surface area contributed by atoms with Crippen LogP contribution < -0.4 is 16.0 Å². The highest BCUT2D eigenvalue weighted by Crippen LogP contribution is 2.24. The first-order valence-electron chi connectivity index (χ1n) is 9.26. The summed E-state index contributed by atoms with van der Waals surface area (Å²) in [4.78, 5) is 22.8. The van der Waals surface area contributed by atoms with E-state index in [-0.39, 0.29) is 12.1 Å². The number of pyridine rings is 1. The fraction of sp³-hybridized carbons (Fsp3) is 0.350. The van der Waals surface area contributed by atoms with Crippen LogP contribution in [-0.4, -0.2) is 46.8 Å². The van der Waals surface area contributed by atoms with Gasteiger partial charge in [0.05, 0.1) is 5.71 Å². The summed E-state index contributed by atoms with van der Waals surface area (Å²) in [7, 11) is 0. The molecule has 4 rings (SSSR count). The van der Waals surface area contributed by atoms with Crippen LogP contribution in [-0.2, 0) is 4.79 Å². The SMILES string of the molecule is C=CC(=O)N1CCC(NC2=CNC3NC=C(c4ccc(C)nc4)C3=N2)CC1. The molecule has 3 aliphatic heterocycles. The van der Waals surface area contributed by atoms with Gasteiger partial charge in [0.2, 0.25) is 5.91 Å². The standard InChI is InChI=1S/C20H24N6O/c1-3-18(27)26-8-6-15(7-9-26)24-17-12-23-20-19(25-17)16(11-22-20)14-5-4-13(2)21-10-14/h3-5,10-12,15,20,22-24H,1,6-9H2,2H3. The van der Waals surface area contributed by atoms with Crippen LogP contribution in [0.15, 0.2) is 54.2 Å². The molecule has 0 aromatic carbocycles. The van der Waals surface area contributed by atoms with E-state index >= 15 is 0 Å². The predicted molar refractivity (Wildman–Crippen MR) is 105 cm³/mol. The van der Waals surface area contributed by atoms with Gasteiger partial charge < -0.3 is 20.9 Å². The van der Waals surface area contributed by atoms with E-state index in [2.05, 4.69) is 33.6 Å². The molecule has 0 bridgehead atoms. The summed E-state index contributed by atoms with van der Waals surface area (Å²) >= 11 is 0. The quantitative estimate of drug-likeness (QED) is 0.701. The Labute approximate surface area is 159 Å². The summed E-state index contributed by atoms with van der Waals surface area (Å²) in [5, 5.41) is 10.2. The molecule has 1 fully saturated rings. The lowest BCUT2D eigenvalue weighted by molar-refractivity contribution is -0.127.